The van der Waals surface area contributed by atoms with E-state index in [4.69, 9.17) is 14.7 Å². The topological polar surface area (TPSA) is 78.9 Å². The summed E-state index contributed by atoms with van der Waals surface area (Å²) in [6, 6.07) is 29.6. The van der Waals surface area contributed by atoms with Crippen LogP contribution >= 0.6 is 11.8 Å². The van der Waals surface area contributed by atoms with Gasteiger partial charge in [-0.15, -0.1) is 0 Å². The highest BCUT2D eigenvalue weighted by atomic mass is 32.2. The van der Waals surface area contributed by atoms with E-state index in [1.807, 2.05) is 84.9 Å². The Morgan fingerprint density at radius 2 is 1.62 bits per heavy atom. The largest absolute Gasteiger partial charge is 0.440 e. The van der Waals surface area contributed by atoms with Crippen molar-refractivity contribution in [1.29, 1.82) is 5.26 Å². The van der Waals surface area contributed by atoms with E-state index in [0.717, 1.165) is 39.7 Å². The summed E-state index contributed by atoms with van der Waals surface area (Å²) in [7, 11) is 0. The fraction of sp³-hybridized carbons (Fsp3) is 0.179. The van der Waals surface area contributed by atoms with Gasteiger partial charge in [0.1, 0.15) is 5.69 Å². The molecule has 0 spiro atoms. The van der Waals surface area contributed by atoms with Crippen LogP contribution in [0.15, 0.2) is 89.3 Å². The van der Waals surface area contributed by atoms with Crippen molar-refractivity contribution < 1.29 is 9.21 Å². The summed E-state index contributed by atoms with van der Waals surface area (Å²) in [6.07, 6.45) is 0.742. The van der Waals surface area contributed by atoms with Gasteiger partial charge in [-0.2, -0.15) is 17.0 Å². The van der Waals surface area contributed by atoms with Crippen molar-refractivity contribution in [3.63, 3.8) is 0 Å². The van der Waals surface area contributed by atoms with Gasteiger partial charge in [-0.05, 0) is 11.6 Å². The second kappa shape index (κ2) is 11.9. The number of hydrogen-bond acceptors (Lipinski definition) is 5. The van der Waals surface area contributed by atoms with Gasteiger partial charge in [0.05, 0.1) is 11.6 Å². The smallest absolute Gasteiger partial charge is 0.220 e. The number of amides is 1. The molecule has 0 atom stereocenters. The number of aromatic nitrogens is 1. The normalized spacial score (nSPS) is 10.6. The molecule has 0 fully saturated rings. The maximum atomic E-state index is 12.3. The van der Waals surface area contributed by atoms with Crippen molar-refractivity contribution in [3.05, 3.63) is 102 Å². The molecular formula is C28H25N3O2S. The molecule has 0 aliphatic rings. The third-order valence-electron chi connectivity index (χ3n) is 5.28. The standard InChI is InChI=1S/C28H25N3O2S/c29-19-23-13-7-8-14-24(23)20-34-18-17-30-25(32)15-16-26-31-27(21-9-3-1-4-10-21)28(33-26)22-11-5-2-6-12-22/h1-14H,15-18,20H2,(H,30,32). The van der Waals surface area contributed by atoms with Crippen LogP contribution < -0.4 is 5.32 Å². The van der Waals surface area contributed by atoms with Crippen molar-refractivity contribution in [3.8, 4) is 28.7 Å². The highest BCUT2D eigenvalue weighted by molar-refractivity contribution is 7.98. The lowest BCUT2D eigenvalue weighted by molar-refractivity contribution is -0.121. The van der Waals surface area contributed by atoms with Crippen LogP contribution in [0.2, 0.25) is 0 Å². The molecule has 0 saturated heterocycles. The molecule has 1 aromatic heterocycles. The summed E-state index contributed by atoms with van der Waals surface area (Å²) in [4.78, 5) is 17.1. The Kier molecular flexibility index (Phi) is 8.15. The monoisotopic (exact) mass is 467 g/mol. The molecule has 170 valence electrons. The highest BCUT2D eigenvalue weighted by Crippen LogP contribution is 2.32. The first kappa shape index (κ1) is 23.3. The molecule has 0 radical (unpaired) electrons. The number of thioether (sulfide) groups is 1. The van der Waals surface area contributed by atoms with Crippen molar-refractivity contribution in [2.24, 2.45) is 0 Å². The molecule has 6 heteroatoms. The Morgan fingerprint density at radius 1 is 0.941 bits per heavy atom. The van der Waals surface area contributed by atoms with Crippen LogP contribution in [0.1, 0.15) is 23.4 Å². The zero-order chi connectivity index (χ0) is 23.6. The van der Waals surface area contributed by atoms with E-state index in [0.29, 0.717) is 30.8 Å². The van der Waals surface area contributed by atoms with Gasteiger partial charge in [0.25, 0.3) is 0 Å². The maximum absolute atomic E-state index is 12.3. The van der Waals surface area contributed by atoms with Crippen LogP contribution in [0.4, 0.5) is 0 Å². The summed E-state index contributed by atoms with van der Waals surface area (Å²) < 4.78 is 6.10. The fourth-order valence-electron chi connectivity index (χ4n) is 3.56. The van der Waals surface area contributed by atoms with E-state index in [9.17, 15) is 4.79 Å². The molecule has 3 aromatic carbocycles. The third-order valence-corrected chi connectivity index (χ3v) is 6.29. The Balaban J connectivity index is 1.30. The van der Waals surface area contributed by atoms with Crippen LogP contribution in [-0.2, 0) is 17.0 Å². The van der Waals surface area contributed by atoms with Crippen LogP contribution in [0.3, 0.4) is 0 Å². The van der Waals surface area contributed by atoms with E-state index in [1.165, 1.54) is 0 Å². The molecule has 4 aromatic rings. The molecule has 4 rings (SSSR count). The Labute approximate surface area is 203 Å². The lowest BCUT2D eigenvalue weighted by Crippen LogP contribution is -2.26. The lowest BCUT2D eigenvalue weighted by atomic mass is 10.1. The van der Waals surface area contributed by atoms with Gasteiger partial charge in [-0.1, -0.05) is 78.9 Å². The summed E-state index contributed by atoms with van der Waals surface area (Å²) >= 11 is 1.70. The average Bonchev–Trinajstić information content (AvgIpc) is 3.33. The van der Waals surface area contributed by atoms with Gasteiger partial charge in [0.15, 0.2) is 11.7 Å². The minimum absolute atomic E-state index is 0.0289. The Hall–Kier alpha value is -3.82. The van der Waals surface area contributed by atoms with Gasteiger partial charge in [0, 0.05) is 42.0 Å². The molecule has 0 saturated carbocycles. The Morgan fingerprint density at radius 3 is 2.35 bits per heavy atom. The number of carbonyl (C=O) groups is 1. The number of carbonyl (C=O) groups excluding carboxylic acids is 1. The summed E-state index contributed by atoms with van der Waals surface area (Å²) in [5.74, 6) is 2.77. The molecular weight excluding hydrogens is 442 g/mol. The van der Waals surface area contributed by atoms with Crippen LogP contribution in [-0.4, -0.2) is 23.2 Å². The number of nitrogens with zero attached hydrogens (tertiary/aromatic N) is 2. The van der Waals surface area contributed by atoms with Gasteiger partial charge in [0.2, 0.25) is 5.91 Å². The third kappa shape index (κ3) is 6.15. The van der Waals surface area contributed by atoms with E-state index in [1.54, 1.807) is 11.8 Å². The first-order chi connectivity index (χ1) is 16.7. The molecule has 0 aliphatic carbocycles. The minimum Gasteiger partial charge on any atom is -0.440 e. The van der Waals surface area contributed by atoms with Crippen molar-refractivity contribution in [2.45, 2.75) is 18.6 Å². The number of oxazole rings is 1. The predicted octanol–water partition coefficient (Wildman–Crippen LogP) is 5.86. The molecule has 34 heavy (non-hydrogen) atoms. The molecule has 1 amide bonds. The zero-order valence-electron chi connectivity index (χ0n) is 18.7. The SMILES string of the molecule is N#Cc1ccccc1CSCCNC(=O)CCc1nc(-c2ccccc2)c(-c2ccccc2)o1. The predicted molar refractivity (Wildman–Crippen MR) is 136 cm³/mol. The minimum atomic E-state index is -0.0289. The van der Waals surface area contributed by atoms with Crippen molar-refractivity contribution in [1.82, 2.24) is 10.3 Å². The van der Waals surface area contributed by atoms with Crippen LogP contribution in [0.25, 0.3) is 22.6 Å². The van der Waals surface area contributed by atoms with Gasteiger partial charge in [-0.3, -0.25) is 4.79 Å². The average molecular weight is 468 g/mol. The van der Waals surface area contributed by atoms with Gasteiger partial charge in [-0.25, -0.2) is 4.98 Å². The molecule has 1 N–H and O–H groups in total. The van der Waals surface area contributed by atoms with E-state index < -0.39 is 0 Å². The van der Waals surface area contributed by atoms with Crippen LogP contribution in [0, 0.1) is 11.3 Å². The fourth-order valence-corrected chi connectivity index (χ4v) is 4.42. The lowest BCUT2D eigenvalue weighted by Gasteiger charge is -2.06. The number of nitriles is 1. The molecule has 0 aliphatic heterocycles. The second-order valence-electron chi connectivity index (χ2n) is 7.69. The zero-order valence-corrected chi connectivity index (χ0v) is 19.6. The molecule has 0 unspecified atom stereocenters. The summed E-state index contributed by atoms with van der Waals surface area (Å²) in [5, 5.41) is 12.1. The van der Waals surface area contributed by atoms with Crippen molar-refractivity contribution >= 4 is 17.7 Å². The van der Waals surface area contributed by atoms with Crippen LogP contribution in [0.5, 0.6) is 0 Å². The van der Waals surface area contributed by atoms with Gasteiger partial charge < -0.3 is 9.73 Å². The molecule has 0 bridgehead atoms. The highest BCUT2D eigenvalue weighted by Gasteiger charge is 2.17. The van der Waals surface area contributed by atoms with Gasteiger partial charge >= 0.3 is 0 Å². The number of nitrogens with one attached hydrogen (secondary N) is 1. The first-order valence-corrected chi connectivity index (χ1v) is 12.3. The first-order valence-electron chi connectivity index (χ1n) is 11.2. The molecule has 5 nitrogen and oxygen atoms in total. The van der Waals surface area contributed by atoms with E-state index in [2.05, 4.69) is 11.4 Å². The van der Waals surface area contributed by atoms with Crippen molar-refractivity contribution in [2.75, 3.05) is 12.3 Å². The number of aryl methyl sites for hydroxylation is 1. The quantitative estimate of drug-likeness (QED) is 0.295. The Bertz CT molecular complexity index is 1210. The van der Waals surface area contributed by atoms with E-state index >= 15 is 0 Å². The summed E-state index contributed by atoms with van der Waals surface area (Å²) in [6.45, 7) is 0.578. The number of benzene rings is 3. The second-order valence-corrected chi connectivity index (χ2v) is 8.79. The number of hydrogen-bond donors (Lipinski definition) is 1. The molecule has 1 heterocycles. The maximum Gasteiger partial charge on any atom is 0.220 e. The number of rotatable bonds is 10. The van der Waals surface area contributed by atoms with E-state index in [-0.39, 0.29) is 5.91 Å². The summed E-state index contributed by atoms with van der Waals surface area (Å²) in [5.41, 5.74) is 4.45.